The van der Waals surface area contributed by atoms with Crippen LogP contribution in [0.25, 0.3) is 10.9 Å². The number of primary amides is 2. The topological polar surface area (TPSA) is 410 Å². The smallest absolute Gasteiger partial charge is 0.251 e. The molecule has 0 unspecified atom stereocenters. The van der Waals surface area contributed by atoms with Gasteiger partial charge in [-0.25, -0.2) is 4.98 Å². The first-order chi connectivity index (χ1) is 37.3. The number of carbonyl (C=O) groups excluding carboxylic acids is 10. The summed E-state index contributed by atoms with van der Waals surface area (Å²) in [7, 11) is 0. The number of benzene rings is 2. The van der Waals surface area contributed by atoms with Gasteiger partial charge in [0.15, 0.2) is 6.10 Å². The fraction of sp³-hybridized carbons (Fsp3) is 0.500. The number of aromatic nitrogens is 3. The molecule has 0 aliphatic carbocycles. The maximum atomic E-state index is 14.2. The third-order valence-electron chi connectivity index (χ3n) is 12.8. The van der Waals surface area contributed by atoms with Gasteiger partial charge >= 0.3 is 0 Å². The highest BCUT2D eigenvalue weighted by Crippen LogP contribution is 2.20. The van der Waals surface area contributed by atoms with Crippen LogP contribution in [0.15, 0.2) is 73.3 Å². The summed E-state index contributed by atoms with van der Waals surface area (Å²) in [6, 6.07) is 6.26. The molecular formula is C54H78N14O11. The lowest BCUT2D eigenvalue weighted by atomic mass is 9.97. The molecule has 0 fully saturated rings. The molecule has 2 aromatic carbocycles. The van der Waals surface area contributed by atoms with E-state index in [1.807, 2.05) is 38.1 Å². The van der Waals surface area contributed by atoms with Crippen LogP contribution in [0.1, 0.15) is 91.0 Å². The Morgan fingerprint density at radius 2 is 1.22 bits per heavy atom. The number of hydrogen-bond acceptors (Lipinski definition) is 13. The second kappa shape index (κ2) is 30.7. The van der Waals surface area contributed by atoms with Gasteiger partial charge < -0.3 is 74.8 Å². The van der Waals surface area contributed by atoms with Crippen LogP contribution in [-0.2, 0) is 67.2 Å². The predicted octanol–water partition coefficient (Wildman–Crippen LogP) is -1.36. The van der Waals surface area contributed by atoms with E-state index >= 15 is 0 Å². The summed E-state index contributed by atoms with van der Waals surface area (Å²) in [4.78, 5) is 144. The Balaban J connectivity index is 1.45. The minimum absolute atomic E-state index is 0.0216. The normalized spacial score (nSPS) is 14.8. The molecule has 10 amide bonds. The molecule has 0 aliphatic rings. The monoisotopic (exact) mass is 1100 g/mol. The van der Waals surface area contributed by atoms with Gasteiger partial charge in [0.05, 0.1) is 25.0 Å². The van der Waals surface area contributed by atoms with Gasteiger partial charge in [0.1, 0.15) is 36.3 Å². The summed E-state index contributed by atoms with van der Waals surface area (Å²) in [5, 5.41) is 32.6. The first-order valence-electron chi connectivity index (χ1n) is 26.3. The number of rotatable bonds is 32. The van der Waals surface area contributed by atoms with Crippen molar-refractivity contribution >= 4 is 70.0 Å². The summed E-state index contributed by atoms with van der Waals surface area (Å²) in [5.74, 6) is -8.75. The number of nitrogens with one attached hydrogen (secondary N) is 10. The lowest BCUT2D eigenvalue weighted by Gasteiger charge is -2.29. The number of para-hydroxylation sites is 1. The van der Waals surface area contributed by atoms with Gasteiger partial charge in [-0.1, -0.05) is 90.1 Å². The predicted molar refractivity (Wildman–Crippen MR) is 292 cm³/mol. The lowest BCUT2D eigenvalue weighted by Crippen LogP contribution is -2.60. The Kier molecular flexibility index (Phi) is 24.6. The zero-order valence-electron chi connectivity index (χ0n) is 45.7. The second-order valence-corrected chi connectivity index (χ2v) is 20.8. The average Bonchev–Trinajstić information content (AvgIpc) is 4.09. The standard InChI is InChI=1S/C54H78N14O11/c1-28(2)19-39(46(71)54(79)66-40(47(57)72)20-29(3)4)65-52(77)42(23-34-25-58-27-61-34)63-44(70)26-60-53(78)45(30(5)6)68-48(73)31(7)62-51(76)41(22-33-24-59-37-16-12-11-15-35(33)37)67-50(75)38(17-18-43(56)69)64-49(74)36(55)21-32-13-9-8-10-14-32/h8-16,24-25,27-31,36,38-42,45-46,59,71H,17-23,26,55H2,1-7H3,(H2,56,69)(H2,57,72)(H,58,61)(H,60,78)(H,62,76)(H,63,70)(H,64,74)(H,65,77)(H,66,79)(H,67,75)(H,68,73)/t31-,36+,38-,39-,40-,41-,42-,45-,46-/m0/s1. The van der Waals surface area contributed by atoms with Gasteiger partial charge in [0, 0.05) is 48.3 Å². The number of carbonyl (C=O) groups is 10. The number of H-pyrrole nitrogens is 2. The number of amides is 10. The van der Waals surface area contributed by atoms with Crippen LogP contribution in [-0.4, -0.2) is 140 Å². The molecule has 0 saturated heterocycles. The Morgan fingerprint density at radius 3 is 1.84 bits per heavy atom. The second-order valence-electron chi connectivity index (χ2n) is 20.8. The van der Waals surface area contributed by atoms with E-state index in [4.69, 9.17) is 17.2 Å². The highest BCUT2D eigenvalue weighted by molar-refractivity contribution is 5.98. The fourth-order valence-corrected chi connectivity index (χ4v) is 8.55. The number of hydrogen-bond donors (Lipinski definition) is 14. The molecule has 2 heterocycles. The number of aliphatic hydroxyl groups excluding tert-OH is 1. The quantitative estimate of drug-likeness (QED) is 0.0269. The number of nitrogens with two attached hydrogens (primary N) is 3. The van der Waals surface area contributed by atoms with E-state index in [-0.39, 0.29) is 56.8 Å². The summed E-state index contributed by atoms with van der Waals surface area (Å²) in [6.45, 7) is 11.2. The van der Waals surface area contributed by atoms with E-state index in [2.05, 4.69) is 57.5 Å². The summed E-state index contributed by atoms with van der Waals surface area (Å²) >= 11 is 0. The van der Waals surface area contributed by atoms with Crippen LogP contribution < -0.4 is 59.7 Å². The van der Waals surface area contributed by atoms with Gasteiger partial charge in [-0.2, -0.15) is 0 Å². The Morgan fingerprint density at radius 1 is 0.608 bits per heavy atom. The summed E-state index contributed by atoms with van der Waals surface area (Å²) in [6.07, 6.45) is 2.37. The number of aromatic amines is 2. The van der Waals surface area contributed by atoms with Crippen molar-refractivity contribution in [1.82, 2.24) is 57.5 Å². The maximum Gasteiger partial charge on any atom is 0.251 e. The number of imidazole rings is 1. The van der Waals surface area contributed by atoms with Crippen LogP contribution in [0.4, 0.5) is 0 Å². The van der Waals surface area contributed by atoms with E-state index in [9.17, 15) is 53.1 Å². The third kappa shape index (κ3) is 20.6. The minimum atomic E-state index is -1.81. The summed E-state index contributed by atoms with van der Waals surface area (Å²) in [5.41, 5.74) is 19.7. The highest BCUT2D eigenvalue weighted by atomic mass is 16.3. The van der Waals surface area contributed by atoms with Crippen molar-refractivity contribution in [3.8, 4) is 0 Å². The largest absolute Gasteiger partial charge is 0.381 e. The van der Waals surface area contributed by atoms with Crippen LogP contribution in [0.2, 0.25) is 0 Å². The van der Waals surface area contributed by atoms with Crippen molar-refractivity contribution in [1.29, 1.82) is 0 Å². The molecule has 4 rings (SSSR count). The zero-order chi connectivity index (χ0) is 58.5. The molecular weight excluding hydrogens is 1020 g/mol. The summed E-state index contributed by atoms with van der Waals surface area (Å²) < 4.78 is 0. The van der Waals surface area contributed by atoms with E-state index in [1.54, 1.807) is 64.2 Å². The van der Waals surface area contributed by atoms with Crippen molar-refractivity contribution in [3.63, 3.8) is 0 Å². The number of nitrogens with zero attached hydrogens (tertiary/aromatic N) is 1. The van der Waals surface area contributed by atoms with Gasteiger partial charge in [-0.15, -0.1) is 0 Å². The first kappa shape index (κ1) is 63.3. The van der Waals surface area contributed by atoms with Crippen molar-refractivity contribution in [2.75, 3.05) is 6.54 Å². The molecule has 2 aromatic heterocycles. The molecule has 4 aromatic rings. The molecule has 17 N–H and O–H groups in total. The van der Waals surface area contributed by atoms with Gasteiger partial charge in [-0.3, -0.25) is 47.9 Å². The van der Waals surface area contributed by atoms with Gasteiger partial charge in [0.2, 0.25) is 53.2 Å². The maximum absolute atomic E-state index is 14.2. The van der Waals surface area contributed by atoms with Crippen LogP contribution in [0.3, 0.4) is 0 Å². The van der Waals surface area contributed by atoms with E-state index in [0.29, 0.717) is 11.3 Å². The Hall–Kier alpha value is -8.19. The zero-order valence-corrected chi connectivity index (χ0v) is 45.7. The third-order valence-corrected chi connectivity index (χ3v) is 12.8. The van der Waals surface area contributed by atoms with Gasteiger partial charge in [0.25, 0.3) is 5.91 Å². The average molecular weight is 1100 g/mol. The highest BCUT2D eigenvalue weighted by Gasteiger charge is 2.35. The van der Waals surface area contributed by atoms with Crippen LogP contribution in [0, 0.1) is 17.8 Å². The molecule has 430 valence electrons. The van der Waals surface area contributed by atoms with Crippen LogP contribution in [0.5, 0.6) is 0 Å². The molecule has 0 bridgehead atoms. The lowest BCUT2D eigenvalue weighted by molar-refractivity contribution is -0.136. The van der Waals surface area contributed by atoms with Crippen molar-refractivity contribution in [2.24, 2.45) is 35.0 Å². The van der Waals surface area contributed by atoms with E-state index in [0.717, 1.165) is 16.5 Å². The first-order valence-corrected chi connectivity index (χ1v) is 26.3. The van der Waals surface area contributed by atoms with Crippen molar-refractivity contribution < 1.29 is 53.1 Å². The minimum Gasteiger partial charge on any atom is -0.381 e. The molecule has 79 heavy (non-hydrogen) atoms. The van der Waals surface area contributed by atoms with Crippen molar-refractivity contribution in [2.45, 2.75) is 148 Å². The van der Waals surface area contributed by atoms with Crippen molar-refractivity contribution in [3.05, 3.63) is 90.1 Å². The van der Waals surface area contributed by atoms with E-state index < -0.39 is 126 Å². The Labute approximate surface area is 458 Å². The van der Waals surface area contributed by atoms with Crippen LogP contribution >= 0.6 is 0 Å². The van der Waals surface area contributed by atoms with Gasteiger partial charge in [-0.05, 0) is 67.6 Å². The Bertz CT molecular complexity index is 2710. The fourth-order valence-electron chi connectivity index (χ4n) is 8.55. The molecule has 0 saturated carbocycles. The molecule has 0 spiro atoms. The molecule has 25 heteroatoms. The molecule has 0 aliphatic heterocycles. The SMILES string of the molecule is CC(C)C[C@H](NC(=O)[C@@H](O)[C@H](CC(C)C)NC(=O)[C@H](Cc1cnc[nH]1)NC(=O)CNC(=O)[C@@H](NC(=O)[C@H](C)NC(=O)[C@H](Cc1c[nH]c2ccccc12)NC(=O)[C@H](CCC(N)=O)NC(=O)[C@H](N)Cc1ccccc1)C(C)C)C(N)=O. The number of aliphatic hydroxyl groups is 1. The molecule has 25 nitrogen and oxygen atoms in total. The van der Waals surface area contributed by atoms with E-state index in [1.165, 1.54) is 19.4 Å². The number of fused-ring (bicyclic) bond motifs is 1. The molecule has 9 atom stereocenters. The molecule has 0 radical (unpaired) electrons.